The predicted molar refractivity (Wildman–Crippen MR) is 113 cm³/mol. The number of morpholine rings is 1. The average molecular weight is 376 g/mol. The highest BCUT2D eigenvalue weighted by Crippen LogP contribution is 2.06. The van der Waals surface area contributed by atoms with E-state index in [1.807, 2.05) is 0 Å². The molecule has 0 aromatic heterocycles. The third-order valence-electron chi connectivity index (χ3n) is 4.93. The Hall–Kier alpha value is -1.63. The lowest BCUT2D eigenvalue weighted by molar-refractivity contribution is 0.0376. The van der Waals surface area contributed by atoms with Gasteiger partial charge < -0.3 is 15.4 Å². The maximum absolute atomic E-state index is 5.40. The van der Waals surface area contributed by atoms with Crippen LogP contribution in [0, 0.1) is 0 Å². The van der Waals surface area contributed by atoms with Gasteiger partial charge in [0.15, 0.2) is 5.96 Å². The van der Waals surface area contributed by atoms with Crippen molar-refractivity contribution in [2.45, 2.75) is 32.9 Å². The summed E-state index contributed by atoms with van der Waals surface area (Å²) >= 11 is 0. The van der Waals surface area contributed by atoms with Crippen molar-refractivity contribution in [1.29, 1.82) is 0 Å². The van der Waals surface area contributed by atoms with Gasteiger partial charge in [-0.2, -0.15) is 0 Å². The van der Waals surface area contributed by atoms with E-state index in [1.165, 1.54) is 5.56 Å². The van der Waals surface area contributed by atoms with Crippen molar-refractivity contribution in [3.63, 3.8) is 0 Å². The van der Waals surface area contributed by atoms with E-state index in [0.29, 0.717) is 6.04 Å². The molecule has 0 amide bonds. The van der Waals surface area contributed by atoms with E-state index in [1.54, 1.807) is 0 Å². The van der Waals surface area contributed by atoms with Crippen LogP contribution in [0.25, 0.3) is 0 Å². The third kappa shape index (κ3) is 8.73. The van der Waals surface area contributed by atoms with E-state index in [-0.39, 0.29) is 0 Å². The van der Waals surface area contributed by atoms with Crippen molar-refractivity contribution >= 4 is 5.96 Å². The van der Waals surface area contributed by atoms with Gasteiger partial charge in [-0.05, 0) is 39.4 Å². The number of hydrogen-bond acceptors (Lipinski definition) is 4. The number of rotatable bonds is 10. The summed E-state index contributed by atoms with van der Waals surface area (Å²) in [5, 5.41) is 6.82. The molecule has 1 atom stereocenters. The molecule has 1 aliphatic heterocycles. The summed E-state index contributed by atoms with van der Waals surface area (Å²) in [6.07, 6.45) is 1.12. The number of guanidine groups is 1. The van der Waals surface area contributed by atoms with Gasteiger partial charge in [0.05, 0.1) is 19.8 Å². The Kier molecular flexibility index (Phi) is 10.2. The SMILES string of the molecule is CCNC(=NCC(C)N(C)Cc1ccccc1)NCCCN1CCOCC1. The van der Waals surface area contributed by atoms with Crippen molar-refractivity contribution in [2.75, 3.05) is 59.5 Å². The molecule has 1 heterocycles. The highest BCUT2D eigenvalue weighted by Gasteiger charge is 2.11. The molecule has 0 aliphatic carbocycles. The zero-order chi connectivity index (χ0) is 19.3. The van der Waals surface area contributed by atoms with Crippen LogP contribution in [-0.4, -0.2) is 81.3 Å². The lowest BCUT2D eigenvalue weighted by atomic mass is 10.2. The van der Waals surface area contributed by atoms with E-state index in [2.05, 4.69) is 71.7 Å². The van der Waals surface area contributed by atoms with Crippen molar-refractivity contribution in [3.8, 4) is 0 Å². The van der Waals surface area contributed by atoms with Gasteiger partial charge in [-0.1, -0.05) is 30.3 Å². The smallest absolute Gasteiger partial charge is 0.191 e. The van der Waals surface area contributed by atoms with Crippen molar-refractivity contribution in [1.82, 2.24) is 20.4 Å². The summed E-state index contributed by atoms with van der Waals surface area (Å²) in [5.41, 5.74) is 1.34. The maximum atomic E-state index is 5.40. The van der Waals surface area contributed by atoms with Crippen LogP contribution in [0.5, 0.6) is 0 Å². The molecule has 1 aromatic rings. The van der Waals surface area contributed by atoms with Crippen LogP contribution < -0.4 is 10.6 Å². The molecule has 1 aromatic carbocycles. The minimum atomic E-state index is 0.383. The predicted octanol–water partition coefficient (Wildman–Crippen LogP) is 1.78. The molecular weight excluding hydrogens is 338 g/mol. The Bertz CT molecular complexity index is 531. The molecule has 2 N–H and O–H groups in total. The fraction of sp³-hybridized carbons (Fsp3) is 0.667. The third-order valence-corrected chi connectivity index (χ3v) is 4.93. The van der Waals surface area contributed by atoms with Gasteiger partial charge in [-0.25, -0.2) is 0 Å². The zero-order valence-electron chi connectivity index (χ0n) is 17.3. The number of ether oxygens (including phenoxy) is 1. The van der Waals surface area contributed by atoms with Crippen LogP contribution in [0.15, 0.2) is 35.3 Å². The fourth-order valence-electron chi connectivity index (χ4n) is 3.07. The van der Waals surface area contributed by atoms with Crippen LogP contribution in [-0.2, 0) is 11.3 Å². The summed E-state index contributed by atoms with van der Waals surface area (Å²) in [6, 6.07) is 11.0. The average Bonchev–Trinajstić information content (AvgIpc) is 2.70. The van der Waals surface area contributed by atoms with Crippen LogP contribution in [0.1, 0.15) is 25.8 Å². The van der Waals surface area contributed by atoms with Gasteiger partial charge in [0.1, 0.15) is 0 Å². The molecule has 0 radical (unpaired) electrons. The molecule has 2 rings (SSSR count). The number of nitrogens with zero attached hydrogens (tertiary/aromatic N) is 3. The molecule has 0 saturated carbocycles. The van der Waals surface area contributed by atoms with Crippen molar-refractivity contribution < 1.29 is 4.74 Å². The lowest BCUT2D eigenvalue weighted by Crippen LogP contribution is -2.41. The highest BCUT2D eigenvalue weighted by atomic mass is 16.5. The molecule has 1 unspecified atom stereocenters. The van der Waals surface area contributed by atoms with E-state index in [9.17, 15) is 0 Å². The van der Waals surface area contributed by atoms with Gasteiger partial charge in [-0.3, -0.25) is 14.8 Å². The summed E-state index contributed by atoms with van der Waals surface area (Å²) in [7, 11) is 2.16. The lowest BCUT2D eigenvalue weighted by Gasteiger charge is -2.26. The minimum Gasteiger partial charge on any atom is -0.379 e. The van der Waals surface area contributed by atoms with E-state index in [4.69, 9.17) is 9.73 Å². The fourth-order valence-corrected chi connectivity index (χ4v) is 3.07. The second kappa shape index (κ2) is 12.7. The first-order valence-electron chi connectivity index (χ1n) is 10.3. The quantitative estimate of drug-likeness (QED) is 0.371. The number of benzene rings is 1. The van der Waals surface area contributed by atoms with Crippen LogP contribution >= 0.6 is 0 Å². The Morgan fingerprint density at radius 2 is 1.96 bits per heavy atom. The summed E-state index contributed by atoms with van der Waals surface area (Å²) in [6.45, 7) is 12.8. The maximum Gasteiger partial charge on any atom is 0.191 e. The number of likely N-dealkylation sites (N-methyl/N-ethyl adjacent to an activating group) is 1. The molecule has 1 aliphatic rings. The van der Waals surface area contributed by atoms with Crippen molar-refractivity contribution in [3.05, 3.63) is 35.9 Å². The molecule has 6 nitrogen and oxygen atoms in total. The molecule has 1 fully saturated rings. The molecule has 6 heteroatoms. The van der Waals surface area contributed by atoms with Crippen LogP contribution in [0.3, 0.4) is 0 Å². The van der Waals surface area contributed by atoms with E-state index in [0.717, 1.165) is 71.4 Å². The minimum absolute atomic E-state index is 0.383. The van der Waals surface area contributed by atoms with Gasteiger partial charge >= 0.3 is 0 Å². The topological polar surface area (TPSA) is 52.1 Å². The largest absolute Gasteiger partial charge is 0.379 e. The Morgan fingerprint density at radius 1 is 1.22 bits per heavy atom. The first kappa shape index (κ1) is 21.7. The Balaban J connectivity index is 1.70. The second-order valence-corrected chi connectivity index (χ2v) is 7.20. The molecule has 27 heavy (non-hydrogen) atoms. The van der Waals surface area contributed by atoms with Gasteiger partial charge in [-0.15, -0.1) is 0 Å². The first-order valence-corrected chi connectivity index (χ1v) is 10.3. The van der Waals surface area contributed by atoms with Crippen molar-refractivity contribution in [2.24, 2.45) is 4.99 Å². The normalized spacial score (nSPS) is 17.1. The number of nitrogens with one attached hydrogen (secondary N) is 2. The number of hydrogen-bond donors (Lipinski definition) is 2. The van der Waals surface area contributed by atoms with E-state index < -0.39 is 0 Å². The molecular formula is C21H37N5O. The highest BCUT2D eigenvalue weighted by molar-refractivity contribution is 5.79. The van der Waals surface area contributed by atoms with Crippen LogP contribution in [0.2, 0.25) is 0 Å². The van der Waals surface area contributed by atoms with Gasteiger partial charge in [0.2, 0.25) is 0 Å². The monoisotopic (exact) mass is 375 g/mol. The van der Waals surface area contributed by atoms with Gasteiger partial charge in [0.25, 0.3) is 0 Å². The molecule has 0 spiro atoms. The second-order valence-electron chi connectivity index (χ2n) is 7.20. The standard InChI is InChI=1S/C21H37N5O/c1-4-22-21(23-11-8-12-26-13-15-27-16-14-26)24-17-19(2)25(3)18-20-9-6-5-7-10-20/h5-7,9-10,19H,4,8,11-18H2,1-3H3,(H2,22,23,24). The molecule has 0 bridgehead atoms. The molecule has 152 valence electrons. The summed E-state index contributed by atoms with van der Waals surface area (Å²) < 4.78 is 5.40. The summed E-state index contributed by atoms with van der Waals surface area (Å²) in [5.74, 6) is 0.916. The van der Waals surface area contributed by atoms with Crippen LogP contribution in [0.4, 0.5) is 0 Å². The zero-order valence-corrected chi connectivity index (χ0v) is 17.3. The van der Waals surface area contributed by atoms with Gasteiger partial charge in [0, 0.05) is 38.8 Å². The summed E-state index contributed by atoms with van der Waals surface area (Å²) in [4.78, 5) is 9.60. The number of aliphatic imine (C=N–C) groups is 1. The first-order chi connectivity index (χ1) is 13.2. The molecule has 1 saturated heterocycles. The Morgan fingerprint density at radius 3 is 2.67 bits per heavy atom. The van der Waals surface area contributed by atoms with E-state index >= 15 is 0 Å². The Labute approximate surface area is 165 Å².